The lowest BCUT2D eigenvalue weighted by molar-refractivity contribution is 0.414. The highest BCUT2D eigenvalue weighted by atomic mass is 16.5. The zero-order valence-electron chi connectivity index (χ0n) is 17.4. The van der Waals surface area contributed by atoms with Gasteiger partial charge in [-0.2, -0.15) is 4.98 Å². The summed E-state index contributed by atoms with van der Waals surface area (Å²) in [7, 11) is 3.33. The molecule has 0 unspecified atom stereocenters. The lowest BCUT2D eigenvalue weighted by Gasteiger charge is -2.33. The molecule has 2 aromatic heterocycles. The number of imidazole rings is 1. The van der Waals surface area contributed by atoms with Crippen LogP contribution < -0.4 is 20.9 Å². The van der Waals surface area contributed by atoms with Gasteiger partial charge in [-0.1, -0.05) is 26.3 Å². The molecule has 1 aliphatic rings. The van der Waals surface area contributed by atoms with Gasteiger partial charge in [-0.05, 0) is 24.5 Å². The third-order valence-electron chi connectivity index (χ3n) is 5.54. The second-order valence-corrected chi connectivity index (χ2v) is 7.76. The van der Waals surface area contributed by atoms with E-state index >= 15 is 0 Å². The molecule has 1 atom stereocenters. The Morgan fingerprint density at radius 3 is 2.76 bits per heavy atom. The maximum atomic E-state index is 13.2. The molecule has 0 bridgehead atoms. The molecule has 0 fully saturated rings. The molecule has 0 spiro atoms. The molecule has 154 valence electrons. The Bertz CT molecular complexity index is 1170. The fourth-order valence-electron chi connectivity index (χ4n) is 4.01. The van der Waals surface area contributed by atoms with Gasteiger partial charge in [-0.3, -0.25) is 13.9 Å². The summed E-state index contributed by atoms with van der Waals surface area (Å²) < 4.78 is 10.2. The molecule has 4 rings (SSSR count). The van der Waals surface area contributed by atoms with Crippen molar-refractivity contribution in [3.8, 4) is 5.75 Å². The van der Waals surface area contributed by atoms with Crippen molar-refractivity contribution in [3.05, 3.63) is 45.1 Å². The standard InChI is InChI=1S/C21H27N5O3/c1-5-6-10-24-19(27)17-18(23(3)21(24)28)22-20-25(12-14(2)13-26(17)20)15-8-7-9-16(11-15)29-4/h7-9,11,14H,5-6,10,12-13H2,1-4H3/t14-/m1/s1. The second-order valence-electron chi connectivity index (χ2n) is 7.76. The molecule has 0 saturated heterocycles. The number of methoxy groups -OCH3 is 1. The highest BCUT2D eigenvalue weighted by molar-refractivity contribution is 5.77. The van der Waals surface area contributed by atoms with Crippen LogP contribution in [0.25, 0.3) is 11.2 Å². The van der Waals surface area contributed by atoms with Crippen molar-refractivity contribution in [2.24, 2.45) is 13.0 Å². The SMILES string of the molecule is CCCCn1c(=O)c2c(nc3n2C[C@H](C)CN3c2cccc(OC)c2)n(C)c1=O. The van der Waals surface area contributed by atoms with Gasteiger partial charge >= 0.3 is 5.69 Å². The summed E-state index contributed by atoms with van der Waals surface area (Å²) in [6, 6.07) is 7.80. The van der Waals surface area contributed by atoms with E-state index < -0.39 is 0 Å². The Balaban J connectivity index is 1.96. The molecule has 3 heterocycles. The van der Waals surface area contributed by atoms with Crippen LogP contribution in [0.5, 0.6) is 5.75 Å². The minimum absolute atomic E-state index is 0.255. The van der Waals surface area contributed by atoms with Crippen LogP contribution in [-0.2, 0) is 20.1 Å². The minimum atomic E-state index is -0.313. The second kappa shape index (κ2) is 7.42. The average Bonchev–Trinajstić information content (AvgIpc) is 3.11. The molecule has 0 radical (unpaired) electrons. The summed E-state index contributed by atoms with van der Waals surface area (Å²) in [6.07, 6.45) is 1.70. The maximum Gasteiger partial charge on any atom is 0.332 e. The monoisotopic (exact) mass is 397 g/mol. The number of aromatic nitrogens is 4. The Hall–Kier alpha value is -3.03. The summed E-state index contributed by atoms with van der Waals surface area (Å²) in [5, 5.41) is 0. The summed E-state index contributed by atoms with van der Waals surface area (Å²) >= 11 is 0. The van der Waals surface area contributed by atoms with Crippen LogP contribution in [0.4, 0.5) is 11.6 Å². The lowest BCUT2D eigenvalue weighted by atomic mass is 10.1. The third kappa shape index (κ3) is 3.12. The molecule has 1 aliphatic heterocycles. The Morgan fingerprint density at radius 1 is 1.24 bits per heavy atom. The number of rotatable bonds is 5. The molecular formula is C21H27N5O3. The molecule has 0 amide bonds. The van der Waals surface area contributed by atoms with Gasteiger partial charge < -0.3 is 14.2 Å². The predicted molar refractivity (Wildman–Crippen MR) is 113 cm³/mol. The Labute approximate surface area is 169 Å². The van der Waals surface area contributed by atoms with Gasteiger partial charge in [0.2, 0.25) is 5.95 Å². The molecule has 3 aromatic rings. The predicted octanol–water partition coefficient (Wildman–Crippen LogP) is 2.49. The smallest absolute Gasteiger partial charge is 0.332 e. The van der Waals surface area contributed by atoms with E-state index in [9.17, 15) is 9.59 Å². The van der Waals surface area contributed by atoms with Crippen LogP contribution in [0.1, 0.15) is 26.7 Å². The van der Waals surface area contributed by atoms with E-state index in [1.165, 1.54) is 9.13 Å². The number of unbranched alkanes of at least 4 members (excludes halogenated alkanes) is 1. The number of ether oxygens (including phenoxy) is 1. The average molecular weight is 397 g/mol. The fourth-order valence-corrected chi connectivity index (χ4v) is 4.01. The zero-order chi connectivity index (χ0) is 20.7. The number of aryl methyl sites for hydroxylation is 1. The highest BCUT2D eigenvalue weighted by Gasteiger charge is 2.29. The van der Waals surface area contributed by atoms with Crippen LogP contribution in [0.15, 0.2) is 33.9 Å². The van der Waals surface area contributed by atoms with Crippen LogP contribution in [0, 0.1) is 5.92 Å². The largest absolute Gasteiger partial charge is 0.497 e. The van der Waals surface area contributed by atoms with Gasteiger partial charge in [-0.15, -0.1) is 0 Å². The van der Waals surface area contributed by atoms with Crippen molar-refractivity contribution in [2.75, 3.05) is 18.6 Å². The minimum Gasteiger partial charge on any atom is -0.497 e. The lowest BCUT2D eigenvalue weighted by Crippen LogP contribution is -2.40. The Morgan fingerprint density at radius 2 is 2.03 bits per heavy atom. The van der Waals surface area contributed by atoms with Crippen molar-refractivity contribution in [3.63, 3.8) is 0 Å². The van der Waals surface area contributed by atoms with Crippen molar-refractivity contribution < 1.29 is 4.74 Å². The van der Waals surface area contributed by atoms with Gasteiger partial charge in [-0.25, -0.2) is 4.79 Å². The molecule has 8 nitrogen and oxygen atoms in total. The van der Waals surface area contributed by atoms with Gasteiger partial charge in [0.25, 0.3) is 5.56 Å². The summed E-state index contributed by atoms with van der Waals surface area (Å²) in [4.78, 5) is 32.8. The van der Waals surface area contributed by atoms with Crippen LogP contribution in [-0.4, -0.2) is 32.3 Å². The number of nitrogens with zero attached hydrogens (tertiary/aromatic N) is 5. The molecular weight excluding hydrogens is 370 g/mol. The van der Waals surface area contributed by atoms with Crippen molar-refractivity contribution in [1.29, 1.82) is 0 Å². The molecule has 8 heteroatoms. The normalized spacial score (nSPS) is 16.3. The van der Waals surface area contributed by atoms with Gasteiger partial charge in [0.15, 0.2) is 11.2 Å². The third-order valence-corrected chi connectivity index (χ3v) is 5.54. The number of benzene rings is 1. The van der Waals surface area contributed by atoms with Crippen LogP contribution in [0.2, 0.25) is 0 Å². The number of hydrogen-bond donors (Lipinski definition) is 0. The van der Waals surface area contributed by atoms with E-state index in [4.69, 9.17) is 9.72 Å². The van der Waals surface area contributed by atoms with E-state index in [2.05, 4.69) is 11.8 Å². The topological polar surface area (TPSA) is 74.3 Å². The Kier molecular flexibility index (Phi) is 4.94. The van der Waals surface area contributed by atoms with E-state index in [0.717, 1.165) is 30.8 Å². The van der Waals surface area contributed by atoms with Gasteiger partial charge in [0, 0.05) is 38.4 Å². The number of hydrogen-bond acceptors (Lipinski definition) is 5. The summed E-state index contributed by atoms with van der Waals surface area (Å²) in [6.45, 7) is 6.08. The summed E-state index contributed by atoms with van der Waals surface area (Å²) in [5.41, 5.74) is 1.31. The van der Waals surface area contributed by atoms with Gasteiger partial charge in [0.05, 0.1) is 7.11 Å². The van der Waals surface area contributed by atoms with Gasteiger partial charge in [0.1, 0.15) is 5.75 Å². The van der Waals surface area contributed by atoms with E-state index in [0.29, 0.717) is 36.1 Å². The first-order valence-electron chi connectivity index (χ1n) is 10.1. The molecule has 0 aliphatic carbocycles. The van der Waals surface area contributed by atoms with Crippen molar-refractivity contribution in [2.45, 2.75) is 39.8 Å². The first-order valence-corrected chi connectivity index (χ1v) is 10.1. The first-order chi connectivity index (χ1) is 14.0. The quantitative estimate of drug-likeness (QED) is 0.661. The van der Waals surface area contributed by atoms with Crippen molar-refractivity contribution >= 4 is 22.8 Å². The molecule has 29 heavy (non-hydrogen) atoms. The fraction of sp³-hybridized carbons (Fsp3) is 0.476. The van der Waals surface area contributed by atoms with E-state index in [1.54, 1.807) is 14.2 Å². The number of fused-ring (bicyclic) bond motifs is 3. The summed E-state index contributed by atoms with van der Waals surface area (Å²) in [5.74, 6) is 1.76. The molecule has 0 saturated carbocycles. The van der Waals surface area contributed by atoms with Crippen LogP contribution in [0.3, 0.4) is 0 Å². The van der Waals surface area contributed by atoms with E-state index in [-0.39, 0.29) is 11.2 Å². The molecule has 1 aromatic carbocycles. The van der Waals surface area contributed by atoms with Crippen LogP contribution >= 0.6 is 0 Å². The molecule has 0 N–H and O–H groups in total. The maximum absolute atomic E-state index is 13.2. The van der Waals surface area contributed by atoms with E-state index in [1.807, 2.05) is 35.8 Å². The number of anilines is 2. The van der Waals surface area contributed by atoms with Crippen molar-refractivity contribution in [1.82, 2.24) is 18.7 Å². The first kappa shape index (κ1) is 19.3. The highest BCUT2D eigenvalue weighted by Crippen LogP contribution is 2.34. The zero-order valence-corrected chi connectivity index (χ0v) is 17.4.